The Labute approximate surface area is 198 Å². The Morgan fingerprint density at radius 1 is 1.06 bits per heavy atom. The number of hydrogen-bond acceptors (Lipinski definition) is 5. The predicted molar refractivity (Wildman–Crippen MR) is 126 cm³/mol. The number of hydrogen-bond donors (Lipinski definition) is 2. The van der Waals surface area contributed by atoms with Crippen molar-refractivity contribution in [3.05, 3.63) is 58.6 Å². The summed E-state index contributed by atoms with van der Waals surface area (Å²) in [5.74, 6) is -0.851. The number of para-hydroxylation sites is 1. The van der Waals surface area contributed by atoms with Crippen LogP contribution in [0.4, 0.5) is 5.69 Å². The summed E-state index contributed by atoms with van der Waals surface area (Å²) in [4.78, 5) is 26.9. The molecule has 0 radical (unpaired) electrons. The van der Waals surface area contributed by atoms with Gasteiger partial charge < -0.3 is 11.1 Å². The van der Waals surface area contributed by atoms with Gasteiger partial charge in [-0.2, -0.15) is 4.31 Å². The molecule has 4 rings (SSSR count). The van der Waals surface area contributed by atoms with Crippen molar-refractivity contribution in [3.8, 4) is 0 Å². The fraction of sp³-hybridized carbons (Fsp3) is 0.391. The summed E-state index contributed by atoms with van der Waals surface area (Å²) in [5, 5.41) is 3.02. The van der Waals surface area contributed by atoms with Crippen LogP contribution in [0.1, 0.15) is 41.6 Å². The number of rotatable bonds is 7. The predicted octanol–water partition coefficient (Wildman–Crippen LogP) is 2.83. The highest BCUT2D eigenvalue weighted by Crippen LogP contribution is 2.28. The SMILES string of the molecule is NC(=O)C1CCCN1Cc1ccccc1NC(=O)c1cc(S(=O)(=O)N2CCCC2)ccc1Cl. The smallest absolute Gasteiger partial charge is 0.257 e. The number of likely N-dealkylation sites (tertiary alicyclic amines) is 1. The molecule has 2 amide bonds. The Bertz CT molecular complexity index is 1160. The van der Waals surface area contributed by atoms with E-state index in [1.165, 1.54) is 22.5 Å². The van der Waals surface area contributed by atoms with Crippen molar-refractivity contribution >= 4 is 39.1 Å². The van der Waals surface area contributed by atoms with E-state index in [4.69, 9.17) is 17.3 Å². The zero-order valence-electron chi connectivity index (χ0n) is 18.2. The van der Waals surface area contributed by atoms with Gasteiger partial charge in [0.05, 0.1) is 21.5 Å². The van der Waals surface area contributed by atoms with Gasteiger partial charge in [0.1, 0.15) is 0 Å². The number of anilines is 1. The Balaban J connectivity index is 1.56. The molecule has 2 heterocycles. The van der Waals surface area contributed by atoms with Crippen LogP contribution in [-0.2, 0) is 21.4 Å². The summed E-state index contributed by atoms with van der Waals surface area (Å²) in [6, 6.07) is 11.2. The highest BCUT2D eigenvalue weighted by Gasteiger charge is 2.30. The lowest BCUT2D eigenvalue weighted by Gasteiger charge is -2.23. The van der Waals surface area contributed by atoms with Gasteiger partial charge in [0.25, 0.3) is 5.91 Å². The standard InChI is InChI=1S/C23H27ClN4O4S/c24-19-10-9-17(33(31,32)28-12-3-4-13-28)14-18(19)23(30)26-20-7-2-1-6-16(20)15-27-11-5-8-21(27)22(25)29/h1-2,6-7,9-10,14,21H,3-5,8,11-13,15H2,(H2,25,29)(H,26,30). The van der Waals surface area contributed by atoms with Crippen molar-refractivity contribution in [2.45, 2.75) is 43.2 Å². The van der Waals surface area contributed by atoms with Gasteiger partial charge in [-0.1, -0.05) is 29.8 Å². The van der Waals surface area contributed by atoms with Crippen LogP contribution >= 0.6 is 11.6 Å². The van der Waals surface area contributed by atoms with Crippen molar-refractivity contribution in [2.75, 3.05) is 25.0 Å². The van der Waals surface area contributed by atoms with Crippen LogP contribution in [0.3, 0.4) is 0 Å². The Hall–Kier alpha value is -2.46. The lowest BCUT2D eigenvalue weighted by molar-refractivity contribution is -0.122. The number of primary amides is 1. The molecule has 2 aromatic carbocycles. The molecule has 2 saturated heterocycles. The number of sulfonamides is 1. The normalized spacial score (nSPS) is 19.6. The lowest BCUT2D eigenvalue weighted by Crippen LogP contribution is -2.39. The highest BCUT2D eigenvalue weighted by molar-refractivity contribution is 7.89. The third-order valence-electron chi connectivity index (χ3n) is 6.22. The Morgan fingerprint density at radius 2 is 1.79 bits per heavy atom. The van der Waals surface area contributed by atoms with Gasteiger partial charge >= 0.3 is 0 Å². The van der Waals surface area contributed by atoms with Crippen molar-refractivity contribution < 1.29 is 18.0 Å². The van der Waals surface area contributed by atoms with Crippen LogP contribution in [0.25, 0.3) is 0 Å². The minimum atomic E-state index is -3.68. The first kappa shape index (κ1) is 23.7. The first-order chi connectivity index (χ1) is 15.8. The minimum Gasteiger partial charge on any atom is -0.368 e. The monoisotopic (exact) mass is 490 g/mol. The van der Waals surface area contributed by atoms with Crippen molar-refractivity contribution in [1.82, 2.24) is 9.21 Å². The summed E-state index contributed by atoms with van der Waals surface area (Å²) in [6.07, 6.45) is 3.25. The van der Waals surface area contributed by atoms with E-state index in [-0.39, 0.29) is 27.4 Å². The van der Waals surface area contributed by atoms with E-state index in [0.717, 1.165) is 37.8 Å². The molecule has 2 fully saturated rings. The molecule has 33 heavy (non-hydrogen) atoms. The molecule has 3 N–H and O–H groups in total. The van der Waals surface area contributed by atoms with Gasteiger partial charge in [-0.3, -0.25) is 14.5 Å². The fourth-order valence-corrected chi connectivity index (χ4v) is 6.19. The van der Waals surface area contributed by atoms with E-state index >= 15 is 0 Å². The molecule has 176 valence electrons. The van der Waals surface area contributed by atoms with E-state index in [0.29, 0.717) is 25.3 Å². The minimum absolute atomic E-state index is 0.0496. The third kappa shape index (κ3) is 5.06. The molecule has 0 spiro atoms. The molecule has 0 aliphatic carbocycles. The van der Waals surface area contributed by atoms with E-state index in [2.05, 4.69) is 5.32 Å². The second kappa shape index (κ2) is 9.80. The van der Waals surface area contributed by atoms with Gasteiger partial charge in [0.2, 0.25) is 15.9 Å². The van der Waals surface area contributed by atoms with Crippen LogP contribution in [0.5, 0.6) is 0 Å². The van der Waals surface area contributed by atoms with Crippen LogP contribution in [0.2, 0.25) is 5.02 Å². The number of benzene rings is 2. The number of halogens is 1. The molecule has 0 aromatic heterocycles. The number of carbonyl (C=O) groups excluding carboxylic acids is 2. The molecule has 0 saturated carbocycles. The second-order valence-corrected chi connectivity index (χ2v) is 10.7. The number of nitrogens with one attached hydrogen (secondary N) is 1. The maximum atomic E-state index is 13.1. The maximum absolute atomic E-state index is 13.1. The lowest BCUT2D eigenvalue weighted by atomic mass is 10.1. The fourth-order valence-electron chi connectivity index (χ4n) is 4.44. The zero-order valence-corrected chi connectivity index (χ0v) is 19.7. The Kier molecular flexibility index (Phi) is 7.04. The van der Waals surface area contributed by atoms with Crippen molar-refractivity contribution in [3.63, 3.8) is 0 Å². The maximum Gasteiger partial charge on any atom is 0.257 e. The number of amides is 2. The highest BCUT2D eigenvalue weighted by atomic mass is 35.5. The number of nitrogens with two attached hydrogens (primary N) is 1. The summed E-state index contributed by atoms with van der Waals surface area (Å²) in [7, 11) is -3.68. The van der Waals surface area contributed by atoms with Crippen LogP contribution in [0, 0.1) is 0 Å². The topological polar surface area (TPSA) is 113 Å². The molecule has 2 aliphatic heterocycles. The van der Waals surface area contributed by atoms with Gasteiger partial charge in [-0.05, 0) is 62.1 Å². The van der Waals surface area contributed by atoms with Crippen molar-refractivity contribution in [1.29, 1.82) is 0 Å². The number of nitrogens with zero attached hydrogens (tertiary/aromatic N) is 2. The summed E-state index contributed by atoms with van der Waals surface area (Å²) >= 11 is 6.27. The molecule has 2 aliphatic rings. The van der Waals surface area contributed by atoms with E-state index < -0.39 is 15.9 Å². The zero-order chi connectivity index (χ0) is 23.6. The quantitative estimate of drug-likeness (QED) is 0.619. The van der Waals surface area contributed by atoms with Crippen LogP contribution < -0.4 is 11.1 Å². The molecule has 1 atom stereocenters. The molecule has 10 heteroatoms. The average Bonchev–Trinajstić information content (AvgIpc) is 3.48. The van der Waals surface area contributed by atoms with Gasteiger partial charge in [0, 0.05) is 25.3 Å². The average molecular weight is 491 g/mol. The van der Waals surface area contributed by atoms with Gasteiger partial charge in [0.15, 0.2) is 0 Å². The van der Waals surface area contributed by atoms with Gasteiger partial charge in [-0.15, -0.1) is 0 Å². The molecule has 8 nitrogen and oxygen atoms in total. The van der Waals surface area contributed by atoms with E-state index in [9.17, 15) is 18.0 Å². The first-order valence-corrected chi connectivity index (χ1v) is 12.8. The van der Waals surface area contributed by atoms with Crippen LogP contribution in [0.15, 0.2) is 47.4 Å². The molecule has 0 bridgehead atoms. The molecular formula is C23H27ClN4O4S. The number of carbonyl (C=O) groups is 2. The van der Waals surface area contributed by atoms with Gasteiger partial charge in [-0.25, -0.2) is 8.42 Å². The Morgan fingerprint density at radius 3 is 2.52 bits per heavy atom. The summed E-state index contributed by atoms with van der Waals surface area (Å²) < 4.78 is 27.3. The van der Waals surface area contributed by atoms with Crippen molar-refractivity contribution in [2.24, 2.45) is 5.73 Å². The molecule has 2 aromatic rings. The summed E-state index contributed by atoms with van der Waals surface area (Å²) in [6.45, 7) is 2.16. The second-order valence-electron chi connectivity index (χ2n) is 8.39. The van der Waals surface area contributed by atoms with Crippen LogP contribution in [-0.4, -0.2) is 55.1 Å². The van der Waals surface area contributed by atoms with E-state index in [1.54, 1.807) is 12.1 Å². The first-order valence-electron chi connectivity index (χ1n) is 11.0. The third-order valence-corrected chi connectivity index (χ3v) is 8.44. The largest absolute Gasteiger partial charge is 0.368 e. The van der Waals surface area contributed by atoms with E-state index in [1.807, 2.05) is 17.0 Å². The molecule has 1 unspecified atom stereocenters. The molecular weight excluding hydrogens is 464 g/mol. The summed E-state index contributed by atoms with van der Waals surface area (Å²) in [5.41, 5.74) is 7.02.